The lowest BCUT2D eigenvalue weighted by molar-refractivity contribution is -0.141. The molecule has 52 heavy (non-hydrogen) atoms. The number of nitrogens with one attached hydrogen (secondary N) is 3. The van der Waals surface area contributed by atoms with Gasteiger partial charge in [0, 0.05) is 24.4 Å². The maximum Gasteiger partial charge on any atom is 0.410 e. The van der Waals surface area contributed by atoms with Gasteiger partial charge in [-0.2, -0.15) is 0 Å². The molecule has 1 aromatic heterocycles. The van der Waals surface area contributed by atoms with Gasteiger partial charge in [-0.3, -0.25) is 29.3 Å². The first kappa shape index (κ1) is 36.1. The summed E-state index contributed by atoms with van der Waals surface area (Å²) in [5.74, 6) is -1.85. The molecule has 5 aliphatic rings. The number of hydrogen-bond acceptors (Lipinski definition) is 10. The molecule has 4 amide bonds. The monoisotopic (exact) mass is 741 g/mol. The van der Waals surface area contributed by atoms with Crippen LogP contribution in [0.15, 0.2) is 46.9 Å². The van der Waals surface area contributed by atoms with Crippen molar-refractivity contribution in [1.82, 2.24) is 25.2 Å². The highest BCUT2D eigenvalue weighted by atomic mass is 32.2. The second-order valence-electron chi connectivity index (χ2n) is 14.5. The summed E-state index contributed by atoms with van der Waals surface area (Å²) in [4.78, 5) is 58.3. The minimum absolute atomic E-state index is 0.0210. The van der Waals surface area contributed by atoms with Crippen LogP contribution in [0.25, 0.3) is 0 Å². The molecule has 16 heteroatoms. The summed E-state index contributed by atoms with van der Waals surface area (Å²) in [6.45, 7) is -0.0307. The average molecular weight is 742 g/mol. The Kier molecular flexibility index (Phi) is 10.2. The molecule has 3 fully saturated rings. The highest BCUT2D eigenvalue weighted by Crippen LogP contribution is 2.46. The van der Waals surface area contributed by atoms with Crippen LogP contribution >= 0.6 is 0 Å². The Morgan fingerprint density at radius 1 is 1.08 bits per heavy atom. The number of aliphatic hydroxyl groups excluding tert-OH is 1. The Bertz CT molecular complexity index is 1860. The number of aliphatic hydroxyl groups is 1. The van der Waals surface area contributed by atoms with E-state index in [1.165, 1.54) is 15.9 Å². The summed E-state index contributed by atoms with van der Waals surface area (Å²) >= 11 is 0. The van der Waals surface area contributed by atoms with E-state index >= 15 is 0 Å². The van der Waals surface area contributed by atoms with Crippen LogP contribution in [0.1, 0.15) is 80.4 Å². The largest absolute Gasteiger partial charge is 0.462 e. The van der Waals surface area contributed by atoms with Gasteiger partial charge >= 0.3 is 6.09 Å². The molecule has 280 valence electrons. The number of ether oxygens (including phenoxy) is 1. The number of benzene rings is 1. The molecule has 2 aliphatic carbocycles. The van der Waals surface area contributed by atoms with Crippen molar-refractivity contribution >= 4 is 33.8 Å². The standard InChI is InChI=1S/C36H44FN5O9S/c37-29-9-6-7-22-18-41(20-28(22)29)35(47)51-26-15-31-32(44)39-36(34(46)40-52(48,49)27-13-14-27)16-23(36)8-4-2-1-3-5-10-30(33(45)42(31)19-26)38-17-24-11-12-25(21-43)50-24/h4,6-9,11-12,23,26-27,30-31,38,43H,1-3,5,10,13-21H2,(H,39,44)(H,40,46)/b8-4-/t23-,26+,30-,31-,36+/m0/s1. The molecule has 4 N–H and O–H groups in total. The van der Waals surface area contributed by atoms with Gasteiger partial charge in [0.05, 0.1) is 30.9 Å². The highest BCUT2D eigenvalue weighted by Gasteiger charge is 2.62. The van der Waals surface area contributed by atoms with Crippen molar-refractivity contribution in [3.63, 3.8) is 0 Å². The lowest BCUT2D eigenvalue weighted by atomic mass is 10.0. The zero-order chi connectivity index (χ0) is 36.6. The van der Waals surface area contributed by atoms with Gasteiger partial charge in [0.25, 0.3) is 5.91 Å². The van der Waals surface area contributed by atoms with E-state index in [1.807, 2.05) is 12.2 Å². The number of fused-ring (bicyclic) bond motifs is 3. The topological polar surface area (TPSA) is 188 Å². The minimum Gasteiger partial charge on any atom is -0.462 e. The molecular formula is C36H44FN5O9S. The lowest BCUT2D eigenvalue weighted by Gasteiger charge is -2.30. The van der Waals surface area contributed by atoms with Crippen molar-refractivity contribution in [2.45, 2.75) is 113 Å². The predicted molar refractivity (Wildman–Crippen MR) is 183 cm³/mol. The van der Waals surface area contributed by atoms with Gasteiger partial charge < -0.3 is 24.5 Å². The van der Waals surface area contributed by atoms with Gasteiger partial charge in [-0.1, -0.05) is 37.1 Å². The third-order valence-corrected chi connectivity index (χ3v) is 12.5. The fourth-order valence-corrected chi connectivity index (χ4v) is 8.82. The summed E-state index contributed by atoms with van der Waals surface area (Å²) in [6.07, 6.45) is 6.69. The van der Waals surface area contributed by atoms with E-state index < -0.39 is 74.5 Å². The number of amides is 4. The van der Waals surface area contributed by atoms with Crippen LogP contribution < -0.4 is 15.4 Å². The van der Waals surface area contributed by atoms with Crippen LogP contribution in [0.4, 0.5) is 9.18 Å². The molecule has 7 rings (SSSR count). The first-order chi connectivity index (χ1) is 25.0. The molecule has 14 nitrogen and oxygen atoms in total. The third kappa shape index (κ3) is 7.60. The highest BCUT2D eigenvalue weighted by molar-refractivity contribution is 7.91. The summed E-state index contributed by atoms with van der Waals surface area (Å²) in [5, 5.41) is 14.9. The van der Waals surface area contributed by atoms with Crippen molar-refractivity contribution in [3.05, 3.63) is 70.9 Å². The summed E-state index contributed by atoms with van der Waals surface area (Å²) in [7, 11) is -3.90. The number of halogens is 1. The number of allylic oxidation sites excluding steroid dienone is 1. The summed E-state index contributed by atoms with van der Waals surface area (Å²) < 4.78 is 53.6. The Morgan fingerprint density at radius 3 is 2.63 bits per heavy atom. The molecule has 0 radical (unpaired) electrons. The van der Waals surface area contributed by atoms with Gasteiger partial charge in [0.15, 0.2) is 0 Å². The zero-order valence-electron chi connectivity index (χ0n) is 28.7. The zero-order valence-corrected chi connectivity index (χ0v) is 29.5. The summed E-state index contributed by atoms with van der Waals surface area (Å²) in [6, 6.07) is 6.09. The van der Waals surface area contributed by atoms with Gasteiger partial charge in [-0.05, 0) is 62.3 Å². The normalized spacial score (nSPS) is 28.5. The third-order valence-electron chi connectivity index (χ3n) is 10.7. The number of furan rings is 1. The van der Waals surface area contributed by atoms with E-state index in [1.54, 1.807) is 24.3 Å². The maximum atomic E-state index is 14.4. The second kappa shape index (κ2) is 14.6. The van der Waals surface area contributed by atoms with Crippen molar-refractivity contribution in [3.8, 4) is 0 Å². The van der Waals surface area contributed by atoms with Gasteiger partial charge in [-0.25, -0.2) is 17.6 Å². The molecular weight excluding hydrogens is 697 g/mol. The molecule has 0 spiro atoms. The Hall–Kier alpha value is -4.28. The van der Waals surface area contributed by atoms with Crippen LogP contribution in [0.2, 0.25) is 0 Å². The Labute approximate surface area is 301 Å². The average Bonchev–Trinajstić information content (AvgIpc) is 3.91. The number of rotatable bonds is 8. The van der Waals surface area contributed by atoms with Crippen molar-refractivity contribution in [1.29, 1.82) is 0 Å². The molecule has 1 saturated heterocycles. The predicted octanol–water partition coefficient (Wildman–Crippen LogP) is 2.49. The Balaban J connectivity index is 1.13. The molecule has 0 unspecified atom stereocenters. The molecule has 3 aliphatic heterocycles. The molecule has 4 heterocycles. The van der Waals surface area contributed by atoms with Crippen LogP contribution in [0, 0.1) is 11.7 Å². The lowest BCUT2D eigenvalue weighted by Crippen LogP contribution is -2.58. The molecule has 5 atom stereocenters. The van der Waals surface area contributed by atoms with Crippen molar-refractivity contribution < 1.29 is 46.2 Å². The smallest absolute Gasteiger partial charge is 0.410 e. The molecule has 1 aromatic carbocycles. The van der Waals surface area contributed by atoms with Crippen molar-refractivity contribution in [2.24, 2.45) is 5.92 Å². The summed E-state index contributed by atoms with van der Waals surface area (Å²) in [5.41, 5.74) is -0.446. The van der Waals surface area contributed by atoms with Gasteiger partial charge in [0.2, 0.25) is 21.8 Å². The van der Waals surface area contributed by atoms with E-state index in [9.17, 15) is 37.1 Å². The number of sulfonamides is 1. The Morgan fingerprint density at radius 2 is 1.88 bits per heavy atom. The molecule has 0 bridgehead atoms. The number of carbonyl (C=O) groups excluding carboxylic acids is 4. The maximum absolute atomic E-state index is 14.4. The van der Waals surface area contributed by atoms with E-state index in [2.05, 4.69) is 15.4 Å². The molecule has 2 saturated carbocycles. The van der Waals surface area contributed by atoms with E-state index in [4.69, 9.17) is 9.15 Å². The minimum atomic E-state index is -3.90. The van der Waals surface area contributed by atoms with E-state index in [0.29, 0.717) is 54.8 Å². The first-order valence-electron chi connectivity index (χ1n) is 18.0. The number of hydrogen-bond donors (Lipinski definition) is 4. The fourth-order valence-electron chi connectivity index (χ4n) is 7.46. The fraction of sp³-hybridized carbons (Fsp3) is 0.556. The van der Waals surface area contributed by atoms with Gasteiger partial charge in [-0.15, -0.1) is 0 Å². The number of nitrogens with zero attached hydrogens (tertiary/aromatic N) is 2. The van der Waals surface area contributed by atoms with Gasteiger partial charge in [0.1, 0.15) is 41.6 Å². The first-order valence-corrected chi connectivity index (χ1v) is 19.5. The van der Waals surface area contributed by atoms with E-state index in [-0.39, 0.29) is 45.6 Å². The van der Waals surface area contributed by atoms with Crippen LogP contribution in [-0.2, 0) is 55.4 Å². The van der Waals surface area contributed by atoms with Crippen LogP contribution in [0.5, 0.6) is 0 Å². The SMILES string of the molecule is O=C1N[C@]2(C(=O)NS(=O)(=O)C3CC3)C[C@@H]2/C=C\CCCCC[C@H](NCc2ccc(CO)o2)C(=O)N2C[C@H](OC(=O)N3Cc4cccc(F)c4C3)C[C@@H]12. The van der Waals surface area contributed by atoms with Crippen LogP contribution in [0.3, 0.4) is 0 Å². The van der Waals surface area contributed by atoms with Crippen molar-refractivity contribution in [2.75, 3.05) is 6.54 Å². The second-order valence-corrected chi connectivity index (χ2v) is 16.4. The number of carbonyl (C=O) groups is 4. The van der Waals surface area contributed by atoms with E-state index in [0.717, 1.165) is 12.8 Å². The van der Waals surface area contributed by atoms with Crippen LogP contribution in [-0.4, -0.2) is 82.7 Å². The molecule has 2 aromatic rings. The quantitative estimate of drug-likeness (QED) is 0.293.